The van der Waals surface area contributed by atoms with E-state index < -0.39 is 0 Å². The molecule has 1 fully saturated rings. The number of ether oxygens (including phenoxy) is 2. The predicted molar refractivity (Wildman–Crippen MR) is 115 cm³/mol. The molecule has 2 atom stereocenters. The van der Waals surface area contributed by atoms with Crippen molar-refractivity contribution in [2.45, 2.75) is 33.0 Å². The molecule has 0 aromatic heterocycles. The molecule has 0 N–H and O–H groups in total. The molecule has 0 aliphatic carbocycles. The zero-order valence-electron chi connectivity index (χ0n) is 17.7. The van der Waals surface area contributed by atoms with Crippen LogP contribution in [0.1, 0.15) is 25.0 Å². The second-order valence-electron chi connectivity index (χ2n) is 7.85. The molecule has 6 nitrogen and oxygen atoms in total. The van der Waals surface area contributed by atoms with Gasteiger partial charge in [0.25, 0.3) is 11.8 Å². The van der Waals surface area contributed by atoms with Crippen molar-refractivity contribution in [3.63, 3.8) is 0 Å². The molecule has 2 aromatic rings. The Bertz CT molecular complexity index is 1000. The van der Waals surface area contributed by atoms with E-state index in [1.165, 1.54) is 4.90 Å². The smallest absolute Gasteiger partial charge is 0.282 e. The predicted octanol–water partition coefficient (Wildman–Crippen LogP) is 3.40. The largest absolute Gasteiger partial charge is 0.497 e. The molecule has 0 radical (unpaired) electrons. The van der Waals surface area contributed by atoms with Gasteiger partial charge in [0.2, 0.25) is 0 Å². The van der Waals surface area contributed by atoms with Gasteiger partial charge in [-0.1, -0.05) is 30.3 Å². The van der Waals surface area contributed by atoms with Crippen LogP contribution in [0.5, 0.6) is 5.75 Å². The third-order valence-electron chi connectivity index (χ3n) is 5.53. The molecule has 2 aliphatic heterocycles. The maximum absolute atomic E-state index is 13.6. The van der Waals surface area contributed by atoms with Crippen molar-refractivity contribution in [2.75, 3.05) is 25.1 Å². The van der Waals surface area contributed by atoms with Crippen LogP contribution in [0.25, 0.3) is 5.57 Å². The Morgan fingerprint density at radius 1 is 0.933 bits per heavy atom. The monoisotopic (exact) mass is 406 g/mol. The highest BCUT2D eigenvalue weighted by molar-refractivity contribution is 6.45. The number of imide groups is 1. The average Bonchev–Trinajstić information content (AvgIpc) is 2.98. The van der Waals surface area contributed by atoms with Crippen molar-refractivity contribution in [3.05, 3.63) is 65.4 Å². The molecule has 2 aromatic carbocycles. The number of benzene rings is 2. The number of carbonyl (C=O) groups is 2. The summed E-state index contributed by atoms with van der Waals surface area (Å²) >= 11 is 0. The van der Waals surface area contributed by atoms with Crippen molar-refractivity contribution in [1.82, 2.24) is 4.90 Å². The van der Waals surface area contributed by atoms with Crippen LogP contribution in [-0.2, 0) is 14.3 Å². The minimum atomic E-state index is -0.304. The maximum Gasteiger partial charge on any atom is 0.282 e. The molecule has 6 heteroatoms. The molecule has 4 rings (SSSR count). The van der Waals surface area contributed by atoms with E-state index in [1.54, 1.807) is 19.2 Å². The summed E-state index contributed by atoms with van der Waals surface area (Å²) in [5.74, 6) is 0.102. The van der Waals surface area contributed by atoms with Crippen LogP contribution < -0.4 is 9.64 Å². The zero-order valence-corrected chi connectivity index (χ0v) is 17.7. The van der Waals surface area contributed by atoms with Gasteiger partial charge in [-0.05, 0) is 50.1 Å². The molecular weight excluding hydrogens is 380 g/mol. The number of amides is 2. The van der Waals surface area contributed by atoms with Gasteiger partial charge >= 0.3 is 0 Å². The molecule has 2 unspecified atom stereocenters. The number of anilines is 1. The molecular formula is C24H26N2O4. The Hall–Kier alpha value is -3.12. The minimum Gasteiger partial charge on any atom is -0.497 e. The molecule has 1 saturated heterocycles. The van der Waals surface area contributed by atoms with Gasteiger partial charge in [-0.15, -0.1) is 0 Å². The van der Waals surface area contributed by atoms with Gasteiger partial charge in [-0.25, -0.2) is 4.90 Å². The van der Waals surface area contributed by atoms with E-state index in [0.29, 0.717) is 41.4 Å². The van der Waals surface area contributed by atoms with E-state index in [0.717, 1.165) is 5.56 Å². The summed E-state index contributed by atoms with van der Waals surface area (Å²) in [6.07, 6.45) is -0.0671. The van der Waals surface area contributed by atoms with E-state index >= 15 is 0 Å². The summed E-state index contributed by atoms with van der Waals surface area (Å²) in [7, 11) is 1.60. The van der Waals surface area contributed by atoms with E-state index in [9.17, 15) is 9.59 Å². The van der Waals surface area contributed by atoms with Gasteiger partial charge in [0.05, 0.1) is 30.6 Å². The van der Waals surface area contributed by atoms with Crippen LogP contribution in [0.4, 0.5) is 5.69 Å². The molecule has 30 heavy (non-hydrogen) atoms. The zero-order chi connectivity index (χ0) is 21.4. The standard InChI is InChI=1S/C24H26N2O4/c1-15-7-5-6-8-20(15)26-23(27)21(18-9-11-19(29-4)12-10-18)22(24(26)28)25-13-16(2)30-17(3)14-25/h5-12,16-17H,13-14H2,1-4H3. The second kappa shape index (κ2) is 7.95. The molecule has 0 saturated carbocycles. The van der Waals surface area contributed by atoms with Crippen LogP contribution in [0.2, 0.25) is 0 Å². The highest BCUT2D eigenvalue weighted by Crippen LogP contribution is 2.37. The van der Waals surface area contributed by atoms with Gasteiger partial charge in [-0.2, -0.15) is 0 Å². The molecule has 0 bridgehead atoms. The Balaban J connectivity index is 1.84. The van der Waals surface area contributed by atoms with Crippen LogP contribution in [-0.4, -0.2) is 49.1 Å². The Morgan fingerprint density at radius 3 is 2.17 bits per heavy atom. The Kier molecular flexibility index (Phi) is 5.35. The van der Waals surface area contributed by atoms with Crippen LogP contribution >= 0.6 is 0 Å². The van der Waals surface area contributed by atoms with E-state index in [4.69, 9.17) is 9.47 Å². The molecule has 0 spiro atoms. The van der Waals surface area contributed by atoms with E-state index in [2.05, 4.69) is 0 Å². The van der Waals surface area contributed by atoms with Gasteiger partial charge in [0, 0.05) is 13.1 Å². The van der Waals surface area contributed by atoms with Crippen molar-refractivity contribution in [3.8, 4) is 5.75 Å². The van der Waals surface area contributed by atoms with Crippen LogP contribution in [0.15, 0.2) is 54.2 Å². The van der Waals surface area contributed by atoms with Crippen LogP contribution in [0, 0.1) is 6.92 Å². The number of morpholine rings is 1. The topological polar surface area (TPSA) is 59.1 Å². The number of nitrogens with zero attached hydrogens (tertiary/aromatic N) is 2. The highest BCUT2D eigenvalue weighted by Gasteiger charge is 2.44. The van der Waals surface area contributed by atoms with Crippen molar-refractivity contribution < 1.29 is 19.1 Å². The minimum absolute atomic E-state index is 0.0335. The molecule has 2 amide bonds. The molecule has 156 valence electrons. The number of hydrogen-bond donors (Lipinski definition) is 0. The van der Waals surface area contributed by atoms with Gasteiger partial charge in [0.15, 0.2) is 0 Å². The van der Waals surface area contributed by atoms with Gasteiger partial charge in [0.1, 0.15) is 11.4 Å². The Morgan fingerprint density at radius 2 is 1.57 bits per heavy atom. The SMILES string of the molecule is COc1ccc(C2=C(N3CC(C)OC(C)C3)C(=O)N(c3ccccc3C)C2=O)cc1. The summed E-state index contributed by atoms with van der Waals surface area (Å²) in [5, 5.41) is 0. The average molecular weight is 406 g/mol. The summed E-state index contributed by atoms with van der Waals surface area (Å²) in [6.45, 7) is 6.98. The first-order chi connectivity index (χ1) is 14.4. The fourth-order valence-corrected chi connectivity index (χ4v) is 4.22. The number of hydrogen-bond acceptors (Lipinski definition) is 5. The van der Waals surface area contributed by atoms with Gasteiger partial charge < -0.3 is 14.4 Å². The number of methoxy groups -OCH3 is 1. The summed E-state index contributed by atoms with van der Waals surface area (Å²) in [6, 6.07) is 14.7. The number of para-hydroxylation sites is 1. The number of carbonyl (C=O) groups excluding carboxylic acids is 2. The van der Waals surface area contributed by atoms with E-state index in [1.807, 2.05) is 62.1 Å². The highest BCUT2D eigenvalue weighted by atomic mass is 16.5. The summed E-state index contributed by atoms with van der Waals surface area (Å²) < 4.78 is 11.1. The lowest BCUT2D eigenvalue weighted by Gasteiger charge is -2.37. The first-order valence-corrected chi connectivity index (χ1v) is 10.1. The third kappa shape index (κ3) is 3.48. The van der Waals surface area contributed by atoms with Crippen molar-refractivity contribution >= 4 is 23.1 Å². The first-order valence-electron chi connectivity index (χ1n) is 10.1. The fourth-order valence-electron chi connectivity index (χ4n) is 4.22. The van der Waals surface area contributed by atoms with Gasteiger partial charge in [-0.3, -0.25) is 9.59 Å². The summed E-state index contributed by atoms with van der Waals surface area (Å²) in [4.78, 5) is 30.5. The van der Waals surface area contributed by atoms with Crippen molar-refractivity contribution in [2.24, 2.45) is 0 Å². The maximum atomic E-state index is 13.6. The second-order valence-corrected chi connectivity index (χ2v) is 7.85. The number of rotatable bonds is 4. The normalized spacial score (nSPS) is 22.1. The van der Waals surface area contributed by atoms with E-state index in [-0.39, 0.29) is 24.0 Å². The lowest BCUT2D eigenvalue weighted by Crippen LogP contribution is -2.47. The Labute approximate surface area is 176 Å². The lowest BCUT2D eigenvalue weighted by atomic mass is 10.0. The third-order valence-corrected chi connectivity index (χ3v) is 5.53. The number of aryl methyl sites for hydroxylation is 1. The van der Waals surface area contributed by atoms with Crippen molar-refractivity contribution in [1.29, 1.82) is 0 Å². The molecule has 2 heterocycles. The molecule has 2 aliphatic rings. The lowest BCUT2D eigenvalue weighted by molar-refractivity contribution is -0.121. The fraction of sp³-hybridized carbons (Fsp3) is 0.333. The first kappa shape index (κ1) is 20.2. The van der Waals surface area contributed by atoms with Crippen LogP contribution in [0.3, 0.4) is 0 Å². The summed E-state index contributed by atoms with van der Waals surface area (Å²) in [5.41, 5.74) is 3.05. The quantitative estimate of drug-likeness (QED) is 0.729.